The average Bonchev–Trinajstić information content (AvgIpc) is 2.43. The number of hydrogen-bond donors (Lipinski definition) is 1. The second-order valence-electron chi connectivity index (χ2n) is 6.13. The minimum atomic E-state index is -3.03. The van der Waals surface area contributed by atoms with Crippen molar-refractivity contribution in [2.75, 3.05) is 14.2 Å². The number of esters is 1. The van der Waals surface area contributed by atoms with E-state index in [-0.39, 0.29) is 5.57 Å². The highest BCUT2D eigenvalue weighted by molar-refractivity contribution is 6.88. The van der Waals surface area contributed by atoms with Crippen LogP contribution < -0.4 is 0 Å². The van der Waals surface area contributed by atoms with Gasteiger partial charge in [0.25, 0.3) is 0 Å². The average molecular weight is 363 g/mol. The summed E-state index contributed by atoms with van der Waals surface area (Å²) in [4.78, 5) is 22.4. The maximum absolute atomic E-state index is 11.8. The summed E-state index contributed by atoms with van der Waals surface area (Å²) in [6, 6.07) is 0. The number of rotatable bonds is 11. The molecule has 0 saturated carbocycles. The monoisotopic (exact) mass is 362 g/mol. The first-order chi connectivity index (χ1) is 10.5. The van der Waals surface area contributed by atoms with Gasteiger partial charge in [-0.25, -0.2) is 4.79 Å². The molecule has 0 aromatic rings. The van der Waals surface area contributed by atoms with E-state index in [0.29, 0.717) is 5.67 Å². The largest absolute Gasteiger partial charge is 0.500 e. The molecule has 23 heavy (non-hydrogen) atoms. The molecule has 7 nitrogen and oxygen atoms in total. The predicted octanol–water partition coefficient (Wildman–Crippen LogP) is 2.20. The summed E-state index contributed by atoms with van der Waals surface area (Å²) in [5.74, 6) is -2.03. The fraction of sp³-hybridized carbons (Fsp3) is 0.571. The zero-order chi connectivity index (χ0) is 18.3. The van der Waals surface area contributed by atoms with Crippen molar-refractivity contribution in [3.05, 3.63) is 24.8 Å². The Kier molecular flexibility index (Phi) is 8.63. The number of aliphatic carboxylic acids is 1. The molecule has 0 rings (SSSR count). The summed E-state index contributed by atoms with van der Waals surface area (Å²) in [6.07, 6.45) is -0.319. The van der Waals surface area contributed by atoms with Crippen LogP contribution in [0.2, 0.25) is 25.3 Å². The summed E-state index contributed by atoms with van der Waals surface area (Å²) in [7, 11) is -1.64. The fourth-order valence-corrected chi connectivity index (χ4v) is 9.30. The molecule has 0 aromatic carbocycles. The van der Waals surface area contributed by atoms with Gasteiger partial charge in [-0.3, -0.25) is 4.79 Å². The van der Waals surface area contributed by atoms with Crippen LogP contribution in [-0.2, 0) is 27.6 Å². The quantitative estimate of drug-likeness (QED) is 0.198. The zero-order valence-corrected chi connectivity index (χ0v) is 16.4. The van der Waals surface area contributed by atoms with Crippen LogP contribution in [0.5, 0.6) is 0 Å². The van der Waals surface area contributed by atoms with E-state index in [1.165, 1.54) is 20.3 Å². The highest BCUT2D eigenvalue weighted by atomic mass is 28.4. The van der Waals surface area contributed by atoms with Gasteiger partial charge in [-0.05, 0) is 6.08 Å². The standard InChI is InChI=1S/C14H26O7Si2/c1-8-13(20-14(17)11(2)9-12(15)16)21-23(18-3,19-4)10-22(5,6)7/h8,13H,1-2,9-10H2,3-7H3,(H,15,16). The van der Waals surface area contributed by atoms with Gasteiger partial charge < -0.3 is 23.1 Å². The predicted molar refractivity (Wildman–Crippen MR) is 90.5 cm³/mol. The third kappa shape index (κ3) is 8.23. The van der Waals surface area contributed by atoms with Crippen molar-refractivity contribution < 1.29 is 32.7 Å². The first-order valence-corrected chi connectivity index (χ1v) is 12.6. The summed E-state index contributed by atoms with van der Waals surface area (Å²) < 4.78 is 21.8. The zero-order valence-electron chi connectivity index (χ0n) is 14.4. The molecule has 0 bridgehead atoms. The molecule has 0 saturated heterocycles. The van der Waals surface area contributed by atoms with Gasteiger partial charge in [0.05, 0.1) is 6.42 Å². The first kappa shape index (κ1) is 21.7. The van der Waals surface area contributed by atoms with Gasteiger partial charge in [-0.1, -0.05) is 32.8 Å². The van der Waals surface area contributed by atoms with E-state index in [9.17, 15) is 9.59 Å². The van der Waals surface area contributed by atoms with E-state index < -0.39 is 41.5 Å². The van der Waals surface area contributed by atoms with Crippen LogP contribution >= 0.6 is 0 Å². The van der Waals surface area contributed by atoms with Crippen LogP contribution in [-0.4, -0.2) is 54.4 Å². The molecule has 1 atom stereocenters. The molecule has 0 aliphatic carbocycles. The third-order valence-corrected chi connectivity index (χ3v) is 10.5. The Morgan fingerprint density at radius 2 is 1.74 bits per heavy atom. The number of ether oxygens (including phenoxy) is 1. The summed E-state index contributed by atoms with van der Waals surface area (Å²) in [6.45, 7) is 13.4. The Labute approximate surface area is 139 Å². The lowest BCUT2D eigenvalue weighted by molar-refractivity contribution is -0.158. The molecule has 132 valence electrons. The molecule has 0 aliphatic heterocycles. The second kappa shape index (κ2) is 9.13. The van der Waals surface area contributed by atoms with Crippen LogP contribution in [0.4, 0.5) is 0 Å². The van der Waals surface area contributed by atoms with Crippen molar-refractivity contribution in [3.63, 3.8) is 0 Å². The second-order valence-corrected chi connectivity index (χ2v) is 15.1. The Bertz CT molecular complexity index is 453. The van der Waals surface area contributed by atoms with Crippen LogP contribution in [0, 0.1) is 0 Å². The van der Waals surface area contributed by atoms with Crippen LogP contribution in [0.3, 0.4) is 0 Å². The van der Waals surface area contributed by atoms with Crippen molar-refractivity contribution in [2.24, 2.45) is 0 Å². The van der Waals surface area contributed by atoms with E-state index in [1.807, 2.05) is 0 Å². The van der Waals surface area contributed by atoms with E-state index in [1.54, 1.807) is 0 Å². The van der Waals surface area contributed by atoms with Crippen LogP contribution in [0.15, 0.2) is 24.8 Å². The number of carbonyl (C=O) groups excluding carboxylic acids is 1. The van der Waals surface area contributed by atoms with Gasteiger partial charge in [-0.2, -0.15) is 0 Å². The molecule has 0 amide bonds. The lowest BCUT2D eigenvalue weighted by Crippen LogP contribution is -2.52. The molecule has 1 N–H and O–H groups in total. The summed E-state index contributed by atoms with van der Waals surface area (Å²) in [5, 5.41) is 8.67. The molecule has 0 spiro atoms. The molecular formula is C14H26O7Si2. The number of carboxylic acids is 1. The maximum Gasteiger partial charge on any atom is 0.500 e. The van der Waals surface area contributed by atoms with E-state index in [0.717, 1.165) is 0 Å². The molecule has 0 radical (unpaired) electrons. The maximum atomic E-state index is 11.8. The SMILES string of the molecule is C=CC(OC(=O)C(=C)CC(=O)O)O[Si](C[Si](C)(C)C)(OC)OC. The minimum absolute atomic E-state index is 0.180. The Balaban J connectivity index is 5.01. The number of carbonyl (C=O) groups is 2. The normalized spacial score (nSPS) is 13.3. The van der Waals surface area contributed by atoms with Crippen LogP contribution in [0.25, 0.3) is 0 Å². The molecular weight excluding hydrogens is 336 g/mol. The van der Waals surface area contributed by atoms with Crippen molar-refractivity contribution in [1.29, 1.82) is 0 Å². The third-order valence-electron chi connectivity index (χ3n) is 2.73. The lowest BCUT2D eigenvalue weighted by atomic mass is 10.2. The van der Waals surface area contributed by atoms with Crippen molar-refractivity contribution in [1.82, 2.24) is 0 Å². The Morgan fingerprint density at radius 3 is 2.09 bits per heavy atom. The van der Waals surface area contributed by atoms with Crippen LogP contribution in [0.1, 0.15) is 6.42 Å². The van der Waals surface area contributed by atoms with E-state index >= 15 is 0 Å². The lowest BCUT2D eigenvalue weighted by Gasteiger charge is -2.33. The fourth-order valence-electron chi connectivity index (χ4n) is 1.76. The highest BCUT2D eigenvalue weighted by Gasteiger charge is 2.46. The van der Waals surface area contributed by atoms with Gasteiger partial charge >= 0.3 is 20.7 Å². The van der Waals surface area contributed by atoms with Crippen molar-refractivity contribution in [2.45, 2.75) is 38.0 Å². The van der Waals surface area contributed by atoms with E-state index in [2.05, 4.69) is 32.8 Å². The molecule has 0 fully saturated rings. The summed E-state index contributed by atoms with van der Waals surface area (Å²) >= 11 is 0. The molecule has 1 unspecified atom stereocenters. The van der Waals surface area contributed by atoms with Gasteiger partial charge in [0.15, 0.2) is 0 Å². The number of hydrogen-bond acceptors (Lipinski definition) is 6. The first-order valence-electron chi connectivity index (χ1n) is 7.00. The highest BCUT2D eigenvalue weighted by Crippen LogP contribution is 2.24. The molecule has 0 heterocycles. The molecule has 0 aliphatic rings. The Morgan fingerprint density at radius 1 is 1.22 bits per heavy atom. The van der Waals surface area contributed by atoms with Gasteiger partial charge in [-0.15, -0.1) is 0 Å². The van der Waals surface area contributed by atoms with Gasteiger partial charge in [0, 0.05) is 33.5 Å². The van der Waals surface area contributed by atoms with Gasteiger partial charge in [0.1, 0.15) is 0 Å². The van der Waals surface area contributed by atoms with Crippen molar-refractivity contribution >= 4 is 28.8 Å². The number of carboxylic acid groups (broad SMARTS) is 1. The minimum Gasteiger partial charge on any atom is -0.481 e. The topological polar surface area (TPSA) is 91.3 Å². The van der Waals surface area contributed by atoms with E-state index in [4.69, 9.17) is 23.1 Å². The molecule has 0 aromatic heterocycles. The van der Waals surface area contributed by atoms with Crippen molar-refractivity contribution in [3.8, 4) is 0 Å². The molecule has 9 heteroatoms. The smallest absolute Gasteiger partial charge is 0.481 e. The summed E-state index contributed by atoms with van der Waals surface area (Å²) in [5.41, 5.74) is 0.450. The Hall–Kier alpha value is -1.27. The van der Waals surface area contributed by atoms with Gasteiger partial charge in [0.2, 0.25) is 6.29 Å².